The maximum absolute atomic E-state index is 12.7. The van der Waals surface area contributed by atoms with Crippen LogP contribution < -0.4 is 0 Å². The summed E-state index contributed by atoms with van der Waals surface area (Å²) < 4.78 is 38.1. The van der Waals surface area contributed by atoms with E-state index in [-0.39, 0.29) is 5.56 Å². The third-order valence-electron chi connectivity index (χ3n) is 3.96. The molecule has 0 amide bonds. The molecule has 1 aliphatic rings. The molecule has 0 radical (unpaired) electrons. The normalized spacial score (nSPS) is 18.1. The van der Waals surface area contributed by atoms with Crippen LogP contribution in [0.15, 0.2) is 24.3 Å². The van der Waals surface area contributed by atoms with E-state index in [0.717, 1.165) is 37.8 Å². The molecule has 2 nitrogen and oxygen atoms in total. The fraction of sp³-hybridized carbons (Fsp3) is 0.533. The molecule has 20 heavy (non-hydrogen) atoms. The number of hydrogen-bond donors (Lipinski definition) is 1. The van der Waals surface area contributed by atoms with Crippen LogP contribution in [0.2, 0.25) is 0 Å². The first-order valence-electron chi connectivity index (χ1n) is 6.78. The van der Waals surface area contributed by atoms with Gasteiger partial charge in [-0.15, -0.1) is 0 Å². The monoisotopic (exact) mass is 286 g/mol. The van der Waals surface area contributed by atoms with Crippen LogP contribution in [-0.4, -0.2) is 11.1 Å². The largest absolute Gasteiger partial charge is 0.481 e. The molecule has 1 saturated carbocycles. The molecular weight excluding hydrogens is 269 g/mol. The summed E-state index contributed by atoms with van der Waals surface area (Å²) in [7, 11) is 0. The number of aliphatic carboxylic acids is 1. The number of halogens is 3. The summed E-state index contributed by atoms with van der Waals surface area (Å²) in [5.41, 5.74) is -0.535. The SMILES string of the molecule is O=C(O)[C@@H](CC1CCCC1)c1cccc(C(F)(F)F)c1. The summed E-state index contributed by atoms with van der Waals surface area (Å²) >= 11 is 0. The summed E-state index contributed by atoms with van der Waals surface area (Å²) in [6.45, 7) is 0. The van der Waals surface area contributed by atoms with Gasteiger partial charge in [0.25, 0.3) is 0 Å². The molecule has 2 rings (SSSR count). The second kappa shape index (κ2) is 5.85. The van der Waals surface area contributed by atoms with Crippen molar-refractivity contribution in [3.05, 3.63) is 35.4 Å². The maximum Gasteiger partial charge on any atom is 0.416 e. The molecule has 0 aromatic heterocycles. The molecule has 1 atom stereocenters. The van der Waals surface area contributed by atoms with Crippen LogP contribution in [0.1, 0.15) is 49.1 Å². The highest BCUT2D eigenvalue weighted by Crippen LogP contribution is 2.36. The van der Waals surface area contributed by atoms with E-state index in [0.29, 0.717) is 12.3 Å². The Morgan fingerprint density at radius 3 is 2.50 bits per heavy atom. The lowest BCUT2D eigenvalue weighted by atomic mass is 9.87. The number of hydrogen-bond acceptors (Lipinski definition) is 1. The fourth-order valence-electron chi connectivity index (χ4n) is 2.89. The summed E-state index contributed by atoms with van der Waals surface area (Å²) in [6, 6.07) is 4.69. The van der Waals surface area contributed by atoms with Crippen LogP contribution in [-0.2, 0) is 11.0 Å². The molecule has 0 spiro atoms. The lowest BCUT2D eigenvalue weighted by Crippen LogP contribution is -2.16. The Balaban J connectivity index is 2.22. The van der Waals surface area contributed by atoms with E-state index in [4.69, 9.17) is 0 Å². The van der Waals surface area contributed by atoms with Gasteiger partial charge in [-0.3, -0.25) is 4.79 Å². The maximum atomic E-state index is 12.7. The molecule has 0 saturated heterocycles. The van der Waals surface area contributed by atoms with Crippen molar-refractivity contribution in [3.63, 3.8) is 0 Å². The molecule has 1 N–H and O–H groups in total. The van der Waals surface area contributed by atoms with Gasteiger partial charge < -0.3 is 5.11 Å². The van der Waals surface area contributed by atoms with Crippen LogP contribution in [0.3, 0.4) is 0 Å². The highest BCUT2D eigenvalue weighted by Gasteiger charge is 2.32. The van der Waals surface area contributed by atoms with Gasteiger partial charge in [0, 0.05) is 0 Å². The van der Waals surface area contributed by atoms with Gasteiger partial charge in [0.2, 0.25) is 0 Å². The van der Waals surface area contributed by atoms with Crippen LogP contribution in [0, 0.1) is 5.92 Å². The number of carbonyl (C=O) groups is 1. The summed E-state index contributed by atoms with van der Waals surface area (Å²) in [5.74, 6) is -1.58. The van der Waals surface area contributed by atoms with Crippen molar-refractivity contribution < 1.29 is 23.1 Å². The lowest BCUT2D eigenvalue weighted by molar-refractivity contribution is -0.140. The Hall–Kier alpha value is -1.52. The minimum Gasteiger partial charge on any atom is -0.481 e. The number of carboxylic acid groups (broad SMARTS) is 1. The van der Waals surface area contributed by atoms with Crippen molar-refractivity contribution in [2.45, 2.75) is 44.2 Å². The zero-order valence-corrected chi connectivity index (χ0v) is 11.0. The molecule has 110 valence electrons. The number of rotatable bonds is 4. The zero-order valence-electron chi connectivity index (χ0n) is 11.0. The molecule has 1 aromatic rings. The van der Waals surface area contributed by atoms with E-state index in [9.17, 15) is 23.1 Å². The molecule has 5 heteroatoms. The van der Waals surface area contributed by atoms with E-state index in [2.05, 4.69) is 0 Å². The van der Waals surface area contributed by atoms with Crippen molar-refractivity contribution in [2.75, 3.05) is 0 Å². The predicted octanol–water partition coefficient (Wildman–Crippen LogP) is 4.45. The highest BCUT2D eigenvalue weighted by molar-refractivity contribution is 5.76. The van der Waals surface area contributed by atoms with Crippen molar-refractivity contribution in [1.29, 1.82) is 0 Å². The molecule has 0 aliphatic heterocycles. The van der Waals surface area contributed by atoms with Crippen molar-refractivity contribution in [3.8, 4) is 0 Å². The second-order valence-electron chi connectivity index (χ2n) is 5.40. The van der Waals surface area contributed by atoms with E-state index in [1.54, 1.807) is 0 Å². The quantitative estimate of drug-likeness (QED) is 0.887. The van der Waals surface area contributed by atoms with E-state index in [1.165, 1.54) is 12.1 Å². The lowest BCUT2D eigenvalue weighted by Gasteiger charge is -2.18. The third-order valence-corrected chi connectivity index (χ3v) is 3.96. The Bertz CT molecular complexity index is 476. The van der Waals surface area contributed by atoms with Crippen LogP contribution >= 0.6 is 0 Å². The van der Waals surface area contributed by atoms with Crippen molar-refractivity contribution >= 4 is 5.97 Å². The van der Waals surface area contributed by atoms with Crippen LogP contribution in [0.25, 0.3) is 0 Å². The molecular formula is C15H17F3O2. The van der Waals surface area contributed by atoms with Crippen LogP contribution in [0.5, 0.6) is 0 Å². The van der Waals surface area contributed by atoms with Gasteiger partial charge in [0.15, 0.2) is 0 Å². The topological polar surface area (TPSA) is 37.3 Å². The first-order valence-corrected chi connectivity index (χ1v) is 6.78. The summed E-state index contributed by atoms with van der Waals surface area (Å²) in [4.78, 5) is 11.4. The Kier molecular flexibility index (Phi) is 4.35. The Morgan fingerprint density at radius 1 is 1.30 bits per heavy atom. The predicted molar refractivity (Wildman–Crippen MR) is 68.4 cm³/mol. The van der Waals surface area contributed by atoms with E-state index >= 15 is 0 Å². The average Bonchev–Trinajstić information content (AvgIpc) is 2.87. The van der Waals surface area contributed by atoms with Gasteiger partial charge in [-0.2, -0.15) is 13.2 Å². The number of carboxylic acids is 1. The highest BCUT2D eigenvalue weighted by atomic mass is 19.4. The molecule has 1 fully saturated rings. The Labute approximate surface area is 115 Å². The van der Waals surface area contributed by atoms with Gasteiger partial charge in [-0.1, -0.05) is 43.9 Å². The van der Waals surface area contributed by atoms with Crippen LogP contribution in [0.4, 0.5) is 13.2 Å². The van der Waals surface area contributed by atoms with Crippen molar-refractivity contribution in [1.82, 2.24) is 0 Å². The number of benzene rings is 1. The standard InChI is InChI=1S/C15H17F3O2/c16-15(17,18)12-7-3-6-11(9-12)13(14(19)20)8-10-4-1-2-5-10/h3,6-7,9-10,13H,1-2,4-5,8H2,(H,19,20)/t13-/m0/s1. The molecule has 0 heterocycles. The smallest absolute Gasteiger partial charge is 0.416 e. The molecule has 1 aromatic carbocycles. The molecule has 0 bridgehead atoms. The van der Waals surface area contributed by atoms with Gasteiger partial charge >= 0.3 is 12.1 Å². The van der Waals surface area contributed by atoms with Gasteiger partial charge in [0.05, 0.1) is 11.5 Å². The van der Waals surface area contributed by atoms with Gasteiger partial charge in [-0.05, 0) is 24.0 Å². The molecule has 1 aliphatic carbocycles. The fourth-order valence-corrected chi connectivity index (χ4v) is 2.89. The van der Waals surface area contributed by atoms with E-state index < -0.39 is 23.6 Å². The molecule has 0 unspecified atom stereocenters. The van der Waals surface area contributed by atoms with E-state index in [1.807, 2.05) is 0 Å². The first kappa shape index (κ1) is 14.9. The summed E-state index contributed by atoms with van der Waals surface area (Å²) in [6.07, 6.45) is 0.105. The second-order valence-corrected chi connectivity index (χ2v) is 5.40. The third kappa shape index (κ3) is 3.52. The minimum absolute atomic E-state index is 0.249. The van der Waals surface area contributed by atoms with Gasteiger partial charge in [0.1, 0.15) is 0 Å². The summed E-state index contributed by atoms with van der Waals surface area (Å²) in [5, 5.41) is 9.30. The van der Waals surface area contributed by atoms with Gasteiger partial charge in [-0.25, -0.2) is 0 Å². The number of alkyl halides is 3. The zero-order chi connectivity index (χ0) is 14.8. The van der Waals surface area contributed by atoms with Crippen molar-refractivity contribution in [2.24, 2.45) is 5.92 Å². The first-order chi connectivity index (χ1) is 9.38. The average molecular weight is 286 g/mol. The minimum atomic E-state index is -4.44. The Morgan fingerprint density at radius 2 is 1.95 bits per heavy atom.